The van der Waals surface area contributed by atoms with Crippen LogP contribution in [-0.2, 0) is 0 Å². The van der Waals surface area contributed by atoms with Gasteiger partial charge >= 0.3 is 0 Å². The number of hydrogen-bond donors (Lipinski definition) is 0. The summed E-state index contributed by atoms with van der Waals surface area (Å²) in [6.07, 6.45) is 3.77. The van der Waals surface area contributed by atoms with Crippen molar-refractivity contribution in [3.05, 3.63) is 81.7 Å². The maximum atomic E-state index is 12.5. The van der Waals surface area contributed by atoms with E-state index < -0.39 is 0 Å². The number of hydrogen-bond acceptors (Lipinski definition) is 4. The van der Waals surface area contributed by atoms with Crippen LogP contribution in [0.5, 0.6) is 5.75 Å². The van der Waals surface area contributed by atoms with E-state index in [1.165, 1.54) is 12.2 Å². The summed E-state index contributed by atoms with van der Waals surface area (Å²) in [5, 5.41) is 12.5. The summed E-state index contributed by atoms with van der Waals surface area (Å²) in [5.74, 6) is 0.375. The van der Waals surface area contributed by atoms with E-state index in [2.05, 4.69) is 0 Å². The van der Waals surface area contributed by atoms with Crippen LogP contribution < -0.4 is 9.16 Å². The van der Waals surface area contributed by atoms with Crippen molar-refractivity contribution in [1.29, 1.82) is 0 Å². The topological polar surface area (TPSA) is 77.3 Å². The highest BCUT2D eigenvalue weighted by molar-refractivity contribution is 6.06. The second-order valence-corrected chi connectivity index (χ2v) is 5.59. The number of rotatable bonds is 4. The summed E-state index contributed by atoms with van der Waals surface area (Å²) in [4.78, 5) is 24.3. The second kappa shape index (κ2) is 6.60. The van der Waals surface area contributed by atoms with Crippen molar-refractivity contribution in [3.63, 3.8) is 0 Å². The van der Waals surface area contributed by atoms with Gasteiger partial charge in [-0.05, 0) is 55.0 Å². The van der Waals surface area contributed by atoms with E-state index in [1.54, 1.807) is 49.6 Å². The van der Waals surface area contributed by atoms with E-state index in [0.717, 1.165) is 11.8 Å². The molecule has 3 aromatic rings. The van der Waals surface area contributed by atoms with E-state index in [-0.39, 0.29) is 22.5 Å². The zero-order valence-electron chi connectivity index (χ0n) is 13.8. The lowest BCUT2D eigenvalue weighted by molar-refractivity contribution is -0.464. The maximum Gasteiger partial charge on any atom is 0.286 e. The van der Waals surface area contributed by atoms with E-state index in [4.69, 9.17) is 4.74 Å². The summed E-state index contributed by atoms with van der Waals surface area (Å²) >= 11 is 0. The standard InChI is InChI=1S/C19H16N2O4/c1-13-3-9-17-18(11-13)21(24)15(12-20(17)23)6-10-19(22)14-4-7-16(25-2)8-5-14/h3-12H,1-2H3/b10-6+. The van der Waals surface area contributed by atoms with Gasteiger partial charge in [-0.15, -0.1) is 0 Å². The highest BCUT2D eigenvalue weighted by Gasteiger charge is 2.11. The third kappa shape index (κ3) is 3.28. The molecule has 0 saturated carbocycles. The Balaban J connectivity index is 1.96. The number of allylic oxidation sites excluding steroid dienone is 1. The molecule has 126 valence electrons. The summed E-state index contributed by atoms with van der Waals surface area (Å²) in [7, 11) is 1.54. The van der Waals surface area contributed by atoms with Crippen LogP contribution in [0.15, 0.2) is 54.7 Å². The van der Waals surface area contributed by atoms with Gasteiger partial charge in [0.15, 0.2) is 5.78 Å². The molecule has 6 nitrogen and oxygen atoms in total. The van der Waals surface area contributed by atoms with Crippen LogP contribution >= 0.6 is 0 Å². The van der Waals surface area contributed by atoms with Gasteiger partial charge < -0.3 is 14.7 Å². The molecule has 0 fully saturated rings. The normalized spacial score (nSPS) is 11.1. The van der Waals surface area contributed by atoms with Crippen LogP contribution in [0, 0.1) is 17.0 Å². The van der Waals surface area contributed by atoms with Gasteiger partial charge in [-0.3, -0.25) is 4.79 Å². The molecule has 6 heteroatoms. The first-order valence-corrected chi connectivity index (χ1v) is 7.62. The predicted molar refractivity (Wildman–Crippen MR) is 95.2 cm³/mol. The van der Waals surface area contributed by atoms with Crippen molar-refractivity contribution in [1.82, 2.24) is 4.73 Å². The highest BCUT2D eigenvalue weighted by atomic mass is 16.5. The SMILES string of the molecule is COc1ccc(C(=O)/C=C/c2c[n+](=O)c3ccc(C)cc3n2[O-])cc1. The molecule has 0 spiro atoms. The summed E-state index contributed by atoms with van der Waals surface area (Å²) in [5.41, 5.74) is 1.96. The lowest BCUT2D eigenvalue weighted by Gasteiger charge is -2.14. The van der Waals surface area contributed by atoms with Crippen molar-refractivity contribution in [2.75, 3.05) is 7.11 Å². The first-order chi connectivity index (χ1) is 12.0. The first-order valence-electron chi connectivity index (χ1n) is 7.62. The molecular formula is C19H16N2O4. The van der Waals surface area contributed by atoms with Crippen LogP contribution in [0.25, 0.3) is 17.1 Å². The average molecular weight is 336 g/mol. The quantitative estimate of drug-likeness (QED) is 0.417. The molecule has 25 heavy (non-hydrogen) atoms. The van der Waals surface area contributed by atoms with Gasteiger partial charge in [-0.1, -0.05) is 6.07 Å². The van der Waals surface area contributed by atoms with E-state index in [1.807, 2.05) is 6.92 Å². The zero-order chi connectivity index (χ0) is 18.0. The van der Waals surface area contributed by atoms with Gasteiger partial charge in [0.05, 0.1) is 11.5 Å². The van der Waals surface area contributed by atoms with Crippen LogP contribution in [-0.4, -0.2) is 17.6 Å². The molecule has 0 amide bonds. The van der Waals surface area contributed by atoms with Gasteiger partial charge in [0.25, 0.3) is 11.7 Å². The molecule has 0 radical (unpaired) electrons. The van der Waals surface area contributed by atoms with Gasteiger partial charge in [-0.2, -0.15) is 0 Å². The fourth-order valence-electron chi connectivity index (χ4n) is 2.49. The number of aryl methyl sites for hydroxylation is 1. The van der Waals surface area contributed by atoms with E-state index in [9.17, 15) is 14.9 Å². The van der Waals surface area contributed by atoms with Crippen LogP contribution in [0.3, 0.4) is 0 Å². The second-order valence-electron chi connectivity index (χ2n) is 5.59. The molecule has 1 aromatic heterocycles. The molecule has 0 aliphatic heterocycles. The average Bonchev–Trinajstić information content (AvgIpc) is 2.63. The van der Waals surface area contributed by atoms with Gasteiger partial charge in [-0.25, -0.2) is 0 Å². The molecule has 0 unspecified atom stereocenters. The Labute approximate surface area is 143 Å². The van der Waals surface area contributed by atoms with Crippen LogP contribution in [0.1, 0.15) is 21.6 Å². The number of aromatic nitrogens is 2. The van der Waals surface area contributed by atoms with Crippen molar-refractivity contribution in [3.8, 4) is 5.75 Å². The first kappa shape index (κ1) is 16.4. The molecular weight excluding hydrogens is 320 g/mol. The van der Waals surface area contributed by atoms with Crippen LogP contribution in [0.2, 0.25) is 0 Å². The minimum atomic E-state index is -0.274. The van der Waals surface area contributed by atoms with Crippen LogP contribution in [0.4, 0.5) is 0 Å². The Morgan fingerprint density at radius 1 is 1.20 bits per heavy atom. The number of carbonyl (C=O) groups is 1. The molecule has 3 rings (SSSR count). The van der Waals surface area contributed by atoms with Gasteiger partial charge in [0.2, 0.25) is 0 Å². The third-order valence-corrected chi connectivity index (χ3v) is 3.85. The third-order valence-electron chi connectivity index (χ3n) is 3.85. The molecule has 0 N–H and O–H groups in total. The Morgan fingerprint density at radius 2 is 1.92 bits per heavy atom. The number of methoxy groups -OCH3 is 1. The smallest absolute Gasteiger partial charge is 0.286 e. The number of fused-ring (bicyclic) bond motifs is 1. The van der Waals surface area contributed by atoms with Crippen molar-refractivity contribution >= 4 is 22.9 Å². The molecule has 2 aromatic carbocycles. The van der Waals surface area contributed by atoms with Crippen molar-refractivity contribution in [2.45, 2.75) is 6.92 Å². The number of benzene rings is 2. The zero-order valence-corrected chi connectivity index (χ0v) is 13.8. The number of nitrogens with zero attached hydrogens (tertiary/aromatic N) is 2. The fraction of sp³-hybridized carbons (Fsp3) is 0.105. The number of ether oxygens (including phenoxy) is 1. The Kier molecular flexibility index (Phi) is 4.35. The molecule has 0 aliphatic rings. The van der Waals surface area contributed by atoms with Crippen molar-refractivity contribution in [2.24, 2.45) is 0 Å². The summed E-state index contributed by atoms with van der Waals surface area (Å²) in [6, 6.07) is 11.6. The number of carbonyl (C=O) groups excluding carboxylic acids is 1. The molecule has 1 heterocycles. The Morgan fingerprint density at radius 3 is 2.60 bits per heavy atom. The monoisotopic (exact) mass is 336 g/mol. The molecule has 0 aliphatic carbocycles. The van der Waals surface area contributed by atoms with Crippen molar-refractivity contribution < 1.29 is 14.0 Å². The van der Waals surface area contributed by atoms with E-state index in [0.29, 0.717) is 20.5 Å². The minimum Gasteiger partial charge on any atom is -0.805 e. The predicted octanol–water partition coefficient (Wildman–Crippen LogP) is 3.11. The van der Waals surface area contributed by atoms with Gasteiger partial charge in [0.1, 0.15) is 17.0 Å². The molecule has 0 bridgehead atoms. The minimum absolute atomic E-state index is 0.0926. The van der Waals surface area contributed by atoms with Gasteiger partial charge in [0, 0.05) is 16.5 Å². The Hall–Kier alpha value is -3.41. The largest absolute Gasteiger partial charge is 0.805 e. The summed E-state index contributed by atoms with van der Waals surface area (Å²) in [6.45, 7) is 1.84. The molecule has 0 saturated heterocycles. The lowest BCUT2D eigenvalue weighted by atomic mass is 10.1. The highest BCUT2D eigenvalue weighted by Crippen LogP contribution is 2.15. The number of ketones is 1. The Bertz CT molecular complexity index is 1030. The lowest BCUT2D eigenvalue weighted by Crippen LogP contribution is -2.19. The maximum absolute atomic E-state index is 12.5. The fourth-order valence-corrected chi connectivity index (χ4v) is 2.49. The molecule has 0 atom stereocenters. The summed E-state index contributed by atoms with van der Waals surface area (Å²) < 4.78 is 6.32. The van der Waals surface area contributed by atoms with E-state index >= 15 is 0 Å².